The van der Waals surface area contributed by atoms with E-state index >= 15 is 0 Å². The number of carbonyl (C=O) groups excluding carboxylic acids is 2. The van der Waals surface area contributed by atoms with Crippen LogP contribution in [0.4, 0.5) is 5.69 Å². The normalized spacial score (nSPS) is 11.9. The first-order chi connectivity index (χ1) is 19.2. The second-order valence-corrected chi connectivity index (χ2v) is 9.55. The zero-order valence-corrected chi connectivity index (χ0v) is 23.1. The number of carbonyl (C=O) groups is 2. The van der Waals surface area contributed by atoms with E-state index in [0.717, 1.165) is 27.6 Å². The highest BCUT2D eigenvalue weighted by molar-refractivity contribution is 6.00. The first kappa shape index (κ1) is 28.1. The first-order valence-electron chi connectivity index (χ1n) is 12.7. The van der Waals surface area contributed by atoms with Gasteiger partial charge in [-0.2, -0.15) is 5.26 Å². The Morgan fingerprint density at radius 2 is 1.95 bits per heavy atom. The SMILES string of the molecule is COc1cc(NC(=O)/C=C/CN(C)C)cc(-c2cnc3c(c2)c(-c2cccc(C#N)c2)cn3C(C)OC(C)=O)c1. The zero-order chi connectivity index (χ0) is 28.8. The Morgan fingerprint density at radius 3 is 2.65 bits per heavy atom. The maximum Gasteiger partial charge on any atom is 0.304 e. The van der Waals surface area contributed by atoms with Gasteiger partial charge in [0.2, 0.25) is 5.91 Å². The molecule has 204 valence electrons. The van der Waals surface area contributed by atoms with E-state index in [1.807, 2.05) is 61.6 Å². The highest BCUT2D eigenvalue weighted by Crippen LogP contribution is 2.36. The van der Waals surface area contributed by atoms with Crippen LogP contribution in [0.2, 0.25) is 0 Å². The van der Waals surface area contributed by atoms with Crippen LogP contribution < -0.4 is 10.1 Å². The van der Waals surface area contributed by atoms with Gasteiger partial charge in [0.25, 0.3) is 0 Å². The molecule has 1 unspecified atom stereocenters. The molecule has 1 atom stereocenters. The Balaban J connectivity index is 1.80. The molecule has 0 aliphatic carbocycles. The molecule has 2 aromatic carbocycles. The Morgan fingerprint density at radius 1 is 1.15 bits per heavy atom. The molecule has 2 aromatic heterocycles. The van der Waals surface area contributed by atoms with Crippen molar-refractivity contribution in [1.29, 1.82) is 5.26 Å². The highest BCUT2D eigenvalue weighted by atomic mass is 16.6. The summed E-state index contributed by atoms with van der Waals surface area (Å²) >= 11 is 0. The number of hydrogen-bond donors (Lipinski definition) is 1. The van der Waals surface area contributed by atoms with Crippen molar-refractivity contribution >= 4 is 28.6 Å². The van der Waals surface area contributed by atoms with Crippen molar-refractivity contribution in [2.45, 2.75) is 20.1 Å². The van der Waals surface area contributed by atoms with Gasteiger partial charge < -0.3 is 19.7 Å². The topological polar surface area (TPSA) is 109 Å². The Bertz CT molecular complexity index is 1630. The minimum Gasteiger partial charge on any atom is -0.497 e. The molecule has 9 heteroatoms. The predicted molar refractivity (Wildman–Crippen MR) is 155 cm³/mol. The monoisotopic (exact) mass is 537 g/mol. The molecule has 9 nitrogen and oxygen atoms in total. The average Bonchev–Trinajstić information content (AvgIpc) is 3.31. The highest BCUT2D eigenvalue weighted by Gasteiger charge is 2.19. The molecule has 0 bridgehead atoms. The van der Waals surface area contributed by atoms with Gasteiger partial charge in [0.15, 0.2) is 6.23 Å². The number of anilines is 1. The molecule has 4 aromatic rings. The molecule has 0 aliphatic heterocycles. The van der Waals surface area contributed by atoms with Crippen molar-refractivity contribution < 1.29 is 19.1 Å². The van der Waals surface area contributed by atoms with E-state index in [1.165, 1.54) is 13.0 Å². The third kappa shape index (κ3) is 6.54. The van der Waals surface area contributed by atoms with Gasteiger partial charge in [-0.25, -0.2) is 4.98 Å². The van der Waals surface area contributed by atoms with Crippen LogP contribution in [0.5, 0.6) is 5.75 Å². The number of nitrogens with zero attached hydrogens (tertiary/aromatic N) is 4. The van der Waals surface area contributed by atoms with Crippen molar-refractivity contribution in [3.05, 3.63) is 78.6 Å². The molecule has 40 heavy (non-hydrogen) atoms. The van der Waals surface area contributed by atoms with E-state index in [4.69, 9.17) is 14.5 Å². The van der Waals surface area contributed by atoms with Crippen molar-refractivity contribution in [2.24, 2.45) is 0 Å². The smallest absolute Gasteiger partial charge is 0.304 e. The zero-order valence-electron chi connectivity index (χ0n) is 23.1. The van der Waals surface area contributed by atoms with E-state index in [2.05, 4.69) is 11.4 Å². The van der Waals surface area contributed by atoms with Crippen LogP contribution in [0.15, 0.2) is 73.1 Å². The number of pyridine rings is 1. The van der Waals surface area contributed by atoms with E-state index in [-0.39, 0.29) is 5.91 Å². The maximum atomic E-state index is 12.5. The number of aromatic nitrogens is 2. The van der Waals surface area contributed by atoms with Crippen LogP contribution in [0, 0.1) is 11.3 Å². The molecule has 0 radical (unpaired) electrons. The molecule has 1 amide bonds. The number of nitriles is 1. The molecule has 4 rings (SSSR count). The number of rotatable bonds is 9. The number of fused-ring (bicyclic) bond motifs is 1. The summed E-state index contributed by atoms with van der Waals surface area (Å²) in [6, 6.07) is 17.0. The van der Waals surface area contributed by atoms with E-state index in [0.29, 0.717) is 29.2 Å². The lowest BCUT2D eigenvalue weighted by molar-refractivity contribution is -0.149. The lowest BCUT2D eigenvalue weighted by Gasteiger charge is -2.14. The fraction of sp³-hybridized carbons (Fsp3) is 0.226. The quantitative estimate of drug-likeness (QED) is 0.225. The Labute approximate surface area is 233 Å². The van der Waals surface area contributed by atoms with Crippen molar-refractivity contribution in [3.63, 3.8) is 0 Å². The molecule has 0 spiro atoms. The number of hydrogen-bond acceptors (Lipinski definition) is 7. The van der Waals surface area contributed by atoms with E-state index in [9.17, 15) is 14.9 Å². The predicted octanol–water partition coefficient (Wildman–Crippen LogP) is 5.39. The second-order valence-electron chi connectivity index (χ2n) is 9.55. The summed E-state index contributed by atoms with van der Waals surface area (Å²) in [4.78, 5) is 30.9. The van der Waals surface area contributed by atoms with Crippen LogP contribution in [0.25, 0.3) is 33.3 Å². The molecular weight excluding hydrogens is 506 g/mol. The van der Waals surface area contributed by atoms with Gasteiger partial charge in [0, 0.05) is 60.2 Å². The minimum atomic E-state index is -0.592. The van der Waals surface area contributed by atoms with E-state index in [1.54, 1.807) is 43.0 Å². The molecular formula is C31H31N5O4. The number of methoxy groups -OCH3 is 1. The Hall–Kier alpha value is -4.94. The van der Waals surface area contributed by atoms with Crippen LogP contribution in [-0.2, 0) is 14.3 Å². The maximum absolute atomic E-state index is 12.5. The summed E-state index contributed by atoms with van der Waals surface area (Å²) in [5.74, 6) is -0.0690. The van der Waals surface area contributed by atoms with Crippen LogP contribution in [0.1, 0.15) is 25.6 Å². The van der Waals surface area contributed by atoms with Crippen molar-refractivity contribution in [1.82, 2.24) is 14.5 Å². The van der Waals surface area contributed by atoms with Gasteiger partial charge in [-0.15, -0.1) is 0 Å². The average molecular weight is 538 g/mol. The van der Waals surface area contributed by atoms with Gasteiger partial charge in [-0.1, -0.05) is 18.2 Å². The van der Waals surface area contributed by atoms with Crippen molar-refractivity contribution in [3.8, 4) is 34.1 Å². The third-order valence-electron chi connectivity index (χ3n) is 6.18. The number of amides is 1. The standard InChI is InChI=1S/C31H31N5O4/c1-20(40-21(2)37)36-19-29(23-9-6-8-22(12-23)17-32)28-15-25(18-33-31(28)36)24-13-26(16-27(14-24)39-5)34-30(38)10-7-11-35(3)4/h6-10,12-16,18-20H,11H2,1-5H3,(H,34,38)/b10-7+. The summed E-state index contributed by atoms with van der Waals surface area (Å²) < 4.78 is 12.8. The van der Waals surface area contributed by atoms with Gasteiger partial charge in [-0.3, -0.25) is 14.2 Å². The number of ether oxygens (including phenoxy) is 2. The van der Waals surface area contributed by atoms with Gasteiger partial charge in [0.1, 0.15) is 11.4 Å². The number of likely N-dealkylation sites (N-methyl/N-ethyl adjacent to an activating group) is 1. The molecule has 2 heterocycles. The van der Waals surface area contributed by atoms with Crippen LogP contribution in [-0.4, -0.2) is 54.1 Å². The summed E-state index contributed by atoms with van der Waals surface area (Å²) in [6.45, 7) is 3.79. The van der Waals surface area contributed by atoms with E-state index < -0.39 is 12.2 Å². The summed E-state index contributed by atoms with van der Waals surface area (Å²) in [5.41, 5.74) is 4.99. The molecule has 0 aliphatic rings. The lowest BCUT2D eigenvalue weighted by Crippen LogP contribution is -2.13. The molecule has 0 saturated carbocycles. The van der Waals surface area contributed by atoms with Crippen LogP contribution in [0.3, 0.4) is 0 Å². The number of benzene rings is 2. The van der Waals surface area contributed by atoms with Gasteiger partial charge in [-0.05, 0) is 62.5 Å². The van der Waals surface area contributed by atoms with Crippen molar-refractivity contribution in [2.75, 3.05) is 33.1 Å². The number of nitrogens with one attached hydrogen (secondary N) is 1. The fourth-order valence-corrected chi connectivity index (χ4v) is 4.36. The molecule has 0 fully saturated rings. The van der Waals surface area contributed by atoms with Gasteiger partial charge >= 0.3 is 5.97 Å². The summed E-state index contributed by atoms with van der Waals surface area (Å²) in [7, 11) is 5.43. The molecule has 1 N–H and O–H groups in total. The lowest BCUT2D eigenvalue weighted by atomic mass is 10.0. The first-order valence-corrected chi connectivity index (χ1v) is 12.7. The minimum absolute atomic E-state index is 0.245. The molecule has 0 saturated heterocycles. The summed E-state index contributed by atoms with van der Waals surface area (Å²) in [6.07, 6.45) is 6.31. The largest absolute Gasteiger partial charge is 0.497 e. The summed E-state index contributed by atoms with van der Waals surface area (Å²) in [5, 5.41) is 13.2. The Kier molecular flexibility index (Phi) is 8.62. The third-order valence-corrected chi connectivity index (χ3v) is 6.18. The van der Waals surface area contributed by atoms with Crippen LogP contribution >= 0.6 is 0 Å². The number of esters is 1. The van der Waals surface area contributed by atoms with Gasteiger partial charge in [0.05, 0.1) is 18.7 Å². The fourth-order valence-electron chi connectivity index (χ4n) is 4.36. The second kappa shape index (κ2) is 12.3.